The third-order valence-corrected chi connectivity index (χ3v) is 7.10. The Balaban J connectivity index is 0.0000102. The highest BCUT2D eigenvalue weighted by molar-refractivity contribution is 5.76. The average molecular weight is 469 g/mol. The predicted molar refractivity (Wildman–Crippen MR) is 146 cm³/mol. The standard InChI is InChI=1S/C27H56N4O.CH4/c1-5-6-7-8-9-10-11-12-13-18-26-25-27(32)28-19-16-22-29(2)20-14-15-21-30(3)23-17-24-31(26)4;/h26H,5-25H2,1-4H3,(H,28,32);1H4. The molecule has 5 heteroatoms. The maximum Gasteiger partial charge on any atom is 0.221 e. The molecule has 1 rings (SSSR count). The Morgan fingerprint density at radius 2 is 1.24 bits per heavy atom. The molecule has 1 amide bonds. The SMILES string of the molecule is C.CCCCCCCCCCCC1CC(=O)NCCCN(C)CCCCN(C)CCCN1C. The first kappa shape index (κ1) is 32.4. The first-order valence-electron chi connectivity index (χ1n) is 13.9. The summed E-state index contributed by atoms with van der Waals surface area (Å²) in [7, 11) is 6.69. The van der Waals surface area contributed by atoms with Crippen molar-refractivity contribution >= 4 is 5.91 Å². The molecule has 1 N–H and O–H groups in total. The van der Waals surface area contributed by atoms with E-state index in [-0.39, 0.29) is 13.3 Å². The van der Waals surface area contributed by atoms with E-state index >= 15 is 0 Å². The van der Waals surface area contributed by atoms with Gasteiger partial charge in [-0.1, -0.05) is 72.1 Å². The lowest BCUT2D eigenvalue weighted by Gasteiger charge is -2.28. The Morgan fingerprint density at radius 3 is 1.85 bits per heavy atom. The normalized spacial score (nSPS) is 21.8. The molecule has 1 fully saturated rings. The van der Waals surface area contributed by atoms with E-state index in [9.17, 15) is 4.79 Å². The molecule has 1 aliphatic heterocycles. The van der Waals surface area contributed by atoms with Gasteiger partial charge in [0, 0.05) is 19.0 Å². The van der Waals surface area contributed by atoms with Crippen LogP contribution in [0.25, 0.3) is 0 Å². The molecular formula is C28H60N4O. The van der Waals surface area contributed by atoms with Gasteiger partial charge in [-0.15, -0.1) is 0 Å². The summed E-state index contributed by atoms with van der Waals surface area (Å²) in [5.74, 6) is 0.238. The average Bonchev–Trinajstić information content (AvgIpc) is 2.77. The number of hydrogen-bond donors (Lipinski definition) is 1. The Kier molecular flexibility index (Phi) is 21.4. The summed E-state index contributed by atoms with van der Waals surface area (Å²) in [5.41, 5.74) is 0. The van der Waals surface area contributed by atoms with Gasteiger partial charge in [0.15, 0.2) is 0 Å². The van der Waals surface area contributed by atoms with Gasteiger partial charge >= 0.3 is 0 Å². The predicted octanol–water partition coefficient (Wildman–Crippen LogP) is 5.79. The molecule has 0 aromatic carbocycles. The number of nitrogens with one attached hydrogen (secondary N) is 1. The second kappa shape index (κ2) is 21.9. The lowest BCUT2D eigenvalue weighted by Crippen LogP contribution is -2.39. The van der Waals surface area contributed by atoms with E-state index in [0.29, 0.717) is 12.5 Å². The quantitative estimate of drug-likeness (QED) is 0.412. The van der Waals surface area contributed by atoms with Crippen LogP contribution < -0.4 is 5.32 Å². The smallest absolute Gasteiger partial charge is 0.221 e. The first-order chi connectivity index (χ1) is 15.5. The fraction of sp³-hybridized carbons (Fsp3) is 0.964. The van der Waals surface area contributed by atoms with Crippen molar-refractivity contribution in [2.24, 2.45) is 0 Å². The van der Waals surface area contributed by atoms with E-state index in [0.717, 1.165) is 45.6 Å². The molecule has 1 atom stereocenters. The van der Waals surface area contributed by atoms with Crippen LogP contribution in [0.3, 0.4) is 0 Å². The largest absolute Gasteiger partial charge is 0.356 e. The molecule has 0 aliphatic carbocycles. The Bertz CT molecular complexity index is 446. The molecule has 0 bridgehead atoms. The zero-order valence-corrected chi connectivity index (χ0v) is 22.2. The summed E-state index contributed by atoms with van der Waals surface area (Å²) >= 11 is 0. The third kappa shape index (κ3) is 18.4. The molecule has 1 saturated heterocycles. The highest BCUT2D eigenvalue weighted by Crippen LogP contribution is 2.16. The monoisotopic (exact) mass is 468 g/mol. The zero-order valence-electron chi connectivity index (χ0n) is 22.2. The number of carbonyl (C=O) groups is 1. The van der Waals surface area contributed by atoms with E-state index < -0.39 is 0 Å². The highest BCUT2D eigenvalue weighted by atomic mass is 16.1. The van der Waals surface area contributed by atoms with Gasteiger partial charge in [-0.2, -0.15) is 0 Å². The maximum absolute atomic E-state index is 12.6. The summed E-state index contributed by atoms with van der Waals surface area (Å²) in [6, 6.07) is 0.378. The minimum absolute atomic E-state index is 0. The van der Waals surface area contributed by atoms with Crippen LogP contribution in [0.2, 0.25) is 0 Å². The summed E-state index contributed by atoms with van der Waals surface area (Å²) in [6.07, 6.45) is 18.8. The molecule has 198 valence electrons. The van der Waals surface area contributed by atoms with Crippen LogP contribution >= 0.6 is 0 Å². The minimum Gasteiger partial charge on any atom is -0.356 e. The minimum atomic E-state index is 0. The zero-order chi connectivity index (χ0) is 23.4. The summed E-state index contributed by atoms with van der Waals surface area (Å²) < 4.78 is 0. The Hall–Kier alpha value is -0.650. The molecule has 0 spiro atoms. The second-order valence-electron chi connectivity index (χ2n) is 10.3. The molecule has 0 radical (unpaired) electrons. The molecule has 1 heterocycles. The van der Waals surface area contributed by atoms with Crippen molar-refractivity contribution in [1.82, 2.24) is 20.0 Å². The fourth-order valence-electron chi connectivity index (χ4n) is 4.79. The molecule has 0 aromatic rings. The van der Waals surface area contributed by atoms with Gasteiger partial charge < -0.3 is 20.0 Å². The van der Waals surface area contributed by atoms with Crippen LogP contribution in [0.1, 0.15) is 111 Å². The van der Waals surface area contributed by atoms with Gasteiger partial charge in [-0.3, -0.25) is 4.79 Å². The van der Waals surface area contributed by atoms with Crippen molar-refractivity contribution in [2.45, 2.75) is 117 Å². The van der Waals surface area contributed by atoms with Gasteiger partial charge in [0.1, 0.15) is 0 Å². The van der Waals surface area contributed by atoms with Gasteiger partial charge in [0.2, 0.25) is 5.91 Å². The van der Waals surface area contributed by atoms with E-state index in [4.69, 9.17) is 0 Å². The summed E-state index contributed by atoms with van der Waals surface area (Å²) in [5, 5.41) is 3.19. The van der Waals surface area contributed by atoms with Crippen molar-refractivity contribution in [2.75, 3.05) is 60.4 Å². The summed E-state index contributed by atoms with van der Waals surface area (Å²) in [4.78, 5) is 20.0. The van der Waals surface area contributed by atoms with Crippen LogP contribution in [0.15, 0.2) is 0 Å². The van der Waals surface area contributed by atoms with Gasteiger partial charge in [0.25, 0.3) is 0 Å². The van der Waals surface area contributed by atoms with E-state index in [1.165, 1.54) is 83.6 Å². The molecule has 1 unspecified atom stereocenters. The lowest BCUT2D eigenvalue weighted by atomic mass is 10.0. The highest BCUT2D eigenvalue weighted by Gasteiger charge is 2.18. The number of unbranched alkanes of at least 4 members (excludes halogenated alkanes) is 8. The van der Waals surface area contributed by atoms with E-state index in [1.807, 2.05) is 0 Å². The molecule has 33 heavy (non-hydrogen) atoms. The van der Waals surface area contributed by atoms with Crippen LogP contribution in [-0.2, 0) is 4.79 Å². The van der Waals surface area contributed by atoms with Crippen molar-refractivity contribution in [3.05, 3.63) is 0 Å². The lowest BCUT2D eigenvalue weighted by molar-refractivity contribution is -0.122. The fourth-order valence-corrected chi connectivity index (χ4v) is 4.79. The van der Waals surface area contributed by atoms with Crippen LogP contribution in [0.5, 0.6) is 0 Å². The number of nitrogens with zero attached hydrogens (tertiary/aromatic N) is 3. The topological polar surface area (TPSA) is 38.8 Å². The summed E-state index contributed by atoms with van der Waals surface area (Å²) in [6.45, 7) is 8.74. The number of hydrogen-bond acceptors (Lipinski definition) is 4. The van der Waals surface area contributed by atoms with Gasteiger partial charge in [-0.05, 0) is 86.0 Å². The van der Waals surface area contributed by atoms with Crippen molar-refractivity contribution in [1.29, 1.82) is 0 Å². The van der Waals surface area contributed by atoms with Crippen LogP contribution in [0, 0.1) is 0 Å². The molecule has 1 aliphatic rings. The molecule has 5 nitrogen and oxygen atoms in total. The second-order valence-corrected chi connectivity index (χ2v) is 10.3. The van der Waals surface area contributed by atoms with Crippen LogP contribution in [-0.4, -0.2) is 87.1 Å². The Morgan fingerprint density at radius 1 is 0.727 bits per heavy atom. The number of amides is 1. The maximum atomic E-state index is 12.6. The number of rotatable bonds is 10. The van der Waals surface area contributed by atoms with Crippen molar-refractivity contribution in [3.8, 4) is 0 Å². The van der Waals surface area contributed by atoms with Crippen LogP contribution in [0.4, 0.5) is 0 Å². The van der Waals surface area contributed by atoms with E-state index in [2.05, 4.69) is 48.1 Å². The first-order valence-corrected chi connectivity index (χ1v) is 13.9. The van der Waals surface area contributed by atoms with E-state index in [1.54, 1.807) is 0 Å². The van der Waals surface area contributed by atoms with Crippen molar-refractivity contribution in [3.63, 3.8) is 0 Å². The number of carbonyl (C=O) groups excluding carboxylic acids is 1. The molecule has 0 aromatic heterocycles. The van der Waals surface area contributed by atoms with Gasteiger partial charge in [-0.25, -0.2) is 0 Å². The Labute approximate surface area is 208 Å². The van der Waals surface area contributed by atoms with Crippen molar-refractivity contribution < 1.29 is 4.79 Å². The third-order valence-electron chi connectivity index (χ3n) is 7.10. The van der Waals surface area contributed by atoms with Gasteiger partial charge in [0.05, 0.1) is 0 Å². The molecule has 0 saturated carbocycles. The molecular weight excluding hydrogens is 408 g/mol.